The summed E-state index contributed by atoms with van der Waals surface area (Å²) in [5, 5.41) is 15.5. The van der Waals surface area contributed by atoms with E-state index in [2.05, 4.69) is 22.2 Å². The molecule has 0 unspecified atom stereocenters. The van der Waals surface area contributed by atoms with E-state index in [-0.39, 0.29) is 11.8 Å². The van der Waals surface area contributed by atoms with Crippen molar-refractivity contribution in [3.8, 4) is 0 Å². The van der Waals surface area contributed by atoms with Gasteiger partial charge in [-0.3, -0.25) is 14.5 Å². The van der Waals surface area contributed by atoms with Crippen LogP contribution in [0.4, 0.5) is 5.69 Å². The lowest BCUT2D eigenvalue weighted by atomic mass is 9.92. The van der Waals surface area contributed by atoms with Crippen molar-refractivity contribution in [2.75, 3.05) is 64.7 Å². The molecule has 5 rings (SSSR count). The molecule has 39 heavy (non-hydrogen) atoms. The third-order valence-corrected chi connectivity index (χ3v) is 8.89. The first-order valence-corrected chi connectivity index (χ1v) is 14.4. The molecule has 3 saturated heterocycles. The molecule has 3 aliphatic heterocycles. The van der Waals surface area contributed by atoms with Gasteiger partial charge in [0.1, 0.15) is 0 Å². The van der Waals surface area contributed by atoms with Gasteiger partial charge in [-0.1, -0.05) is 35.3 Å². The number of carbonyl (C=O) groups is 2. The Bertz CT molecular complexity index is 1200. The van der Waals surface area contributed by atoms with Crippen LogP contribution in [0.5, 0.6) is 0 Å². The summed E-state index contributed by atoms with van der Waals surface area (Å²) in [5.41, 5.74) is 0.381. The second-order valence-corrected chi connectivity index (χ2v) is 12.0. The van der Waals surface area contributed by atoms with Crippen molar-refractivity contribution in [1.29, 1.82) is 0 Å². The Morgan fingerprint density at radius 1 is 0.949 bits per heavy atom. The van der Waals surface area contributed by atoms with Gasteiger partial charge in [0.05, 0.1) is 16.6 Å². The van der Waals surface area contributed by atoms with E-state index >= 15 is 0 Å². The van der Waals surface area contributed by atoms with Crippen LogP contribution in [-0.2, 0) is 10.4 Å². The first-order chi connectivity index (χ1) is 18.6. The summed E-state index contributed by atoms with van der Waals surface area (Å²) in [6.45, 7) is 7.80. The van der Waals surface area contributed by atoms with Crippen molar-refractivity contribution < 1.29 is 14.7 Å². The van der Waals surface area contributed by atoms with E-state index in [1.165, 1.54) is 0 Å². The van der Waals surface area contributed by atoms with Crippen molar-refractivity contribution in [3.63, 3.8) is 0 Å². The number of aliphatic hydroxyl groups is 1. The van der Waals surface area contributed by atoms with Gasteiger partial charge in [-0.25, -0.2) is 0 Å². The molecule has 8 nitrogen and oxygen atoms in total. The zero-order valence-corrected chi connectivity index (χ0v) is 24.1. The topological polar surface area (TPSA) is 79.4 Å². The molecule has 0 saturated carbocycles. The van der Waals surface area contributed by atoms with Crippen molar-refractivity contribution in [2.45, 2.75) is 37.5 Å². The Balaban J connectivity index is 1.08. The minimum absolute atomic E-state index is 0.00614. The van der Waals surface area contributed by atoms with Crippen molar-refractivity contribution in [3.05, 3.63) is 63.6 Å². The van der Waals surface area contributed by atoms with Crippen molar-refractivity contribution >= 4 is 40.7 Å². The Hall–Kier alpha value is -2.36. The number of piperidine rings is 1. The molecule has 0 aromatic heterocycles. The van der Waals surface area contributed by atoms with Gasteiger partial charge < -0.3 is 25.1 Å². The summed E-state index contributed by atoms with van der Waals surface area (Å²) in [5.74, 6) is -0.286. The van der Waals surface area contributed by atoms with Crippen LogP contribution in [0.25, 0.3) is 0 Å². The molecule has 210 valence electrons. The first kappa shape index (κ1) is 28.2. The van der Waals surface area contributed by atoms with Crippen LogP contribution >= 0.6 is 23.2 Å². The lowest BCUT2D eigenvalue weighted by molar-refractivity contribution is -0.152. The predicted octanol–water partition coefficient (Wildman–Crippen LogP) is 3.38. The highest BCUT2D eigenvalue weighted by Gasteiger charge is 2.40. The smallest absolute Gasteiger partial charge is 0.258 e. The third kappa shape index (κ3) is 6.20. The quantitative estimate of drug-likeness (QED) is 0.551. The maximum atomic E-state index is 13.1. The van der Waals surface area contributed by atoms with E-state index in [1.807, 2.05) is 23.1 Å². The highest BCUT2D eigenvalue weighted by atomic mass is 35.5. The number of piperazine rings is 1. The molecule has 10 heteroatoms. The molecular weight excluding hydrogens is 537 g/mol. The van der Waals surface area contributed by atoms with Crippen LogP contribution in [0.15, 0.2) is 42.5 Å². The molecule has 2 aromatic carbocycles. The van der Waals surface area contributed by atoms with Crippen molar-refractivity contribution in [2.24, 2.45) is 0 Å². The number of likely N-dealkylation sites (N-methyl/N-ethyl adjacent to an activating group) is 1. The van der Waals surface area contributed by atoms with E-state index in [0.717, 1.165) is 57.8 Å². The maximum Gasteiger partial charge on any atom is 0.258 e. The average Bonchev–Trinajstić information content (AvgIpc) is 2.90. The molecular formula is C29H37Cl2N5O3. The van der Waals surface area contributed by atoms with Crippen LogP contribution < -0.4 is 5.32 Å². The maximum absolute atomic E-state index is 13.1. The van der Waals surface area contributed by atoms with Crippen LogP contribution in [-0.4, -0.2) is 108 Å². The van der Waals surface area contributed by atoms with Gasteiger partial charge in [0.2, 0.25) is 0 Å². The summed E-state index contributed by atoms with van der Waals surface area (Å²) < 4.78 is 0. The monoisotopic (exact) mass is 573 g/mol. The lowest BCUT2D eigenvalue weighted by Gasteiger charge is -2.48. The van der Waals surface area contributed by atoms with E-state index in [1.54, 1.807) is 36.1 Å². The standard InChI is InChI=1S/C29H37Cl2N5O3/c1-29(39,20-4-3-5-21(30)16-20)28(38)35-10-8-24(9-11-35)36-18-23(19-36)32-22-6-7-25(26(31)17-22)27(37)34-14-12-33(2)13-15-34/h3-7,16-17,23-24,32,39H,8-15,18-19H2,1-2H3/t29-/m0/s1. The summed E-state index contributed by atoms with van der Waals surface area (Å²) >= 11 is 12.6. The molecule has 3 aliphatic rings. The summed E-state index contributed by atoms with van der Waals surface area (Å²) in [4.78, 5) is 34.3. The van der Waals surface area contributed by atoms with Gasteiger partial charge in [-0.15, -0.1) is 0 Å². The Morgan fingerprint density at radius 3 is 2.28 bits per heavy atom. The molecule has 2 amide bonds. The molecule has 0 bridgehead atoms. The number of hydrogen-bond acceptors (Lipinski definition) is 6. The Morgan fingerprint density at radius 2 is 1.64 bits per heavy atom. The van der Waals surface area contributed by atoms with E-state index in [9.17, 15) is 14.7 Å². The van der Waals surface area contributed by atoms with Gasteiger partial charge in [0, 0.05) is 69.1 Å². The number of nitrogens with one attached hydrogen (secondary N) is 1. The van der Waals surface area contributed by atoms with Crippen LogP contribution in [0.2, 0.25) is 10.0 Å². The molecule has 2 N–H and O–H groups in total. The highest BCUT2D eigenvalue weighted by Crippen LogP contribution is 2.30. The fourth-order valence-electron chi connectivity index (χ4n) is 5.75. The fraction of sp³-hybridized carbons (Fsp3) is 0.517. The summed E-state index contributed by atoms with van der Waals surface area (Å²) in [6.07, 6.45) is 1.75. The number of nitrogens with zero attached hydrogens (tertiary/aromatic N) is 4. The zero-order valence-electron chi connectivity index (χ0n) is 22.6. The number of hydrogen-bond donors (Lipinski definition) is 2. The van der Waals surface area contributed by atoms with Gasteiger partial charge in [-0.2, -0.15) is 0 Å². The largest absolute Gasteiger partial charge is 0.380 e. The van der Waals surface area contributed by atoms with Crippen LogP contribution in [0.1, 0.15) is 35.7 Å². The van der Waals surface area contributed by atoms with E-state index < -0.39 is 5.60 Å². The SMILES string of the molecule is CN1CCN(C(=O)c2ccc(NC3CN(C4CCN(C(=O)[C@@](C)(O)c5cccc(Cl)c5)CC4)C3)cc2Cl)CC1. The average molecular weight is 575 g/mol. The number of benzene rings is 2. The van der Waals surface area contributed by atoms with E-state index in [4.69, 9.17) is 23.2 Å². The van der Waals surface area contributed by atoms with Gasteiger partial charge in [0.25, 0.3) is 11.8 Å². The fourth-order valence-corrected chi connectivity index (χ4v) is 6.20. The van der Waals surface area contributed by atoms with Gasteiger partial charge in [0.15, 0.2) is 5.60 Å². The zero-order chi connectivity index (χ0) is 27.7. The number of carbonyl (C=O) groups excluding carboxylic acids is 2. The minimum Gasteiger partial charge on any atom is -0.380 e. The van der Waals surface area contributed by atoms with Crippen LogP contribution in [0, 0.1) is 0 Å². The van der Waals surface area contributed by atoms with Gasteiger partial charge >= 0.3 is 0 Å². The first-order valence-electron chi connectivity index (χ1n) is 13.7. The number of halogens is 2. The summed E-state index contributed by atoms with van der Waals surface area (Å²) in [6, 6.07) is 13.2. The van der Waals surface area contributed by atoms with E-state index in [0.29, 0.717) is 46.3 Å². The third-order valence-electron chi connectivity index (χ3n) is 8.34. The molecule has 3 heterocycles. The Kier molecular flexibility index (Phi) is 8.40. The number of amides is 2. The number of likely N-dealkylation sites (tertiary alicyclic amines) is 2. The summed E-state index contributed by atoms with van der Waals surface area (Å²) in [7, 11) is 2.07. The number of anilines is 1. The Labute approximate surface area is 240 Å². The molecule has 1 atom stereocenters. The second-order valence-electron chi connectivity index (χ2n) is 11.2. The van der Waals surface area contributed by atoms with Gasteiger partial charge in [-0.05, 0) is 62.7 Å². The normalized spacial score (nSPS) is 21.4. The second kappa shape index (κ2) is 11.6. The molecule has 0 aliphatic carbocycles. The van der Waals surface area contributed by atoms with Crippen LogP contribution in [0.3, 0.4) is 0 Å². The van der Waals surface area contributed by atoms with Crippen molar-refractivity contribution in [1.82, 2.24) is 19.6 Å². The molecule has 0 spiro atoms. The molecule has 0 radical (unpaired) electrons. The molecule has 2 aromatic rings. The minimum atomic E-state index is -1.60. The number of rotatable bonds is 6. The highest BCUT2D eigenvalue weighted by molar-refractivity contribution is 6.34. The molecule has 3 fully saturated rings. The lowest BCUT2D eigenvalue weighted by Crippen LogP contribution is -2.61. The predicted molar refractivity (Wildman–Crippen MR) is 154 cm³/mol.